The summed E-state index contributed by atoms with van der Waals surface area (Å²) in [4.78, 5) is 30.5. The maximum Gasteiger partial charge on any atom is 0.324 e. The maximum absolute atomic E-state index is 11.5. The lowest BCUT2D eigenvalue weighted by atomic mass is 10.3. The molecule has 0 radical (unpaired) electrons. The molecule has 2 N–H and O–H groups in total. The van der Waals surface area contributed by atoms with E-state index in [1.54, 1.807) is 14.2 Å². The summed E-state index contributed by atoms with van der Waals surface area (Å²) >= 11 is 0. The Labute approximate surface area is 152 Å². The molecule has 1 atom stereocenters. The van der Waals surface area contributed by atoms with Crippen LogP contribution in [-0.4, -0.2) is 93.9 Å². The van der Waals surface area contributed by atoms with Gasteiger partial charge in [-0.25, -0.2) is 4.79 Å². The fourth-order valence-electron chi connectivity index (χ4n) is 2.49. The Morgan fingerprint density at radius 1 is 1.52 bits per heavy atom. The second-order valence-corrected chi connectivity index (χ2v) is 5.07. The predicted molar refractivity (Wildman–Crippen MR) is 95.1 cm³/mol. The molecule has 0 spiro atoms. The number of hydrogen-bond acceptors (Lipinski definition) is 5. The van der Waals surface area contributed by atoms with Crippen molar-refractivity contribution in [3.05, 3.63) is 0 Å². The molecule has 0 bridgehead atoms. The van der Waals surface area contributed by atoms with Gasteiger partial charge in [0, 0.05) is 40.3 Å². The van der Waals surface area contributed by atoms with Crippen LogP contribution in [0.3, 0.4) is 0 Å². The Bertz CT molecular complexity index is 430. The molecule has 2 aliphatic heterocycles. The molecule has 0 aromatic heterocycles. The fourth-order valence-corrected chi connectivity index (χ4v) is 2.49. The average Bonchev–Trinajstić information content (AvgIpc) is 2.84. The first-order chi connectivity index (χ1) is 10.7. The van der Waals surface area contributed by atoms with Crippen LogP contribution in [0.25, 0.3) is 0 Å². The van der Waals surface area contributed by atoms with E-state index in [9.17, 15) is 9.59 Å². The van der Waals surface area contributed by atoms with E-state index in [2.05, 4.69) is 20.5 Å². The highest BCUT2D eigenvalue weighted by atomic mass is 127. The third kappa shape index (κ3) is 5.46. The van der Waals surface area contributed by atoms with Crippen molar-refractivity contribution in [2.24, 2.45) is 4.99 Å². The molecule has 0 aromatic carbocycles. The molecule has 0 aromatic rings. The van der Waals surface area contributed by atoms with E-state index >= 15 is 0 Å². The number of amides is 3. The Morgan fingerprint density at radius 2 is 2.30 bits per heavy atom. The van der Waals surface area contributed by atoms with Crippen molar-refractivity contribution in [3.63, 3.8) is 0 Å². The number of ether oxygens (including phenoxy) is 2. The summed E-state index contributed by atoms with van der Waals surface area (Å²) in [5, 5.41) is 5.67. The normalized spacial score (nSPS) is 22.0. The third-order valence-corrected chi connectivity index (χ3v) is 3.56. The number of rotatable bonds is 5. The number of guanidine groups is 1. The highest BCUT2D eigenvalue weighted by molar-refractivity contribution is 14.0. The predicted octanol–water partition coefficient (Wildman–Crippen LogP) is -0.921. The van der Waals surface area contributed by atoms with Crippen LogP contribution in [0.4, 0.5) is 4.79 Å². The minimum absolute atomic E-state index is 0. The van der Waals surface area contributed by atoms with E-state index in [4.69, 9.17) is 9.47 Å². The highest BCUT2D eigenvalue weighted by Gasteiger charge is 2.28. The van der Waals surface area contributed by atoms with Gasteiger partial charge in [0.1, 0.15) is 0 Å². The van der Waals surface area contributed by atoms with Crippen LogP contribution < -0.4 is 10.6 Å². The monoisotopic (exact) mass is 441 g/mol. The van der Waals surface area contributed by atoms with Crippen LogP contribution in [0.2, 0.25) is 0 Å². The van der Waals surface area contributed by atoms with Crippen molar-refractivity contribution in [1.29, 1.82) is 0 Å². The maximum atomic E-state index is 11.5. The number of morpholine rings is 1. The van der Waals surface area contributed by atoms with Crippen molar-refractivity contribution < 1.29 is 19.1 Å². The first-order valence-electron chi connectivity index (χ1n) is 7.30. The standard InChI is InChI=1S/C13H23N5O4.HI/c1-14-12(17-5-6-22-10(8-17)9-21-2)15-3-4-18-11(19)7-16-13(18)20;/h10H,3-9H2,1-2H3,(H,14,15)(H,16,20);1H. The largest absolute Gasteiger partial charge is 0.382 e. The highest BCUT2D eigenvalue weighted by Crippen LogP contribution is 2.06. The van der Waals surface area contributed by atoms with Crippen LogP contribution in [0.15, 0.2) is 4.99 Å². The van der Waals surface area contributed by atoms with Crippen molar-refractivity contribution in [3.8, 4) is 0 Å². The molecule has 10 heteroatoms. The smallest absolute Gasteiger partial charge is 0.324 e. The van der Waals surface area contributed by atoms with Crippen molar-refractivity contribution in [1.82, 2.24) is 20.4 Å². The summed E-state index contributed by atoms with van der Waals surface area (Å²) in [6.07, 6.45) is 0.0169. The molecular weight excluding hydrogens is 417 g/mol. The number of aliphatic imine (C=N–C) groups is 1. The van der Waals surface area contributed by atoms with E-state index in [1.165, 1.54) is 4.90 Å². The van der Waals surface area contributed by atoms with Crippen LogP contribution >= 0.6 is 24.0 Å². The molecule has 9 nitrogen and oxygen atoms in total. The van der Waals surface area contributed by atoms with Crippen LogP contribution in [0.1, 0.15) is 0 Å². The summed E-state index contributed by atoms with van der Waals surface area (Å²) in [5.41, 5.74) is 0. The molecule has 3 amide bonds. The second kappa shape index (κ2) is 9.88. The number of urea groups is 1. The first-order valence-corrected chi connectivity index (χ1v) is 7.30. The summed E-state index contributed by atoms with van der Waals surface area (Å²) in [5.74, 6) is 0.532. The number of hydrogen-bond donors (Lipinski definition) is 2. The van der Waals surface area contributed by atoms with Crippen molar-refractivity contribution in [2.75, 3.05) is 60.1 Å². The zero-order valence-corrected chi connectivity index (χ0v) is 15.7. The summed E-state index contributed by atoms with van der Waals surface area (Å²) in [7, 11) is 3.35. The third-order valence-electron chi connectivity index (χ3n) is 3.56. The Balaban J connectivity index is 0.00000264. The van der Waals surface area contributed by atoms with Gasteiger partial charge in [0.15, 0.2) is 5.96 Å². The molecule has 23 heavy (non-hydrogen) atoms. The minimum atomic E-state index is -0.340. The summed E-state index contributed by atoms with van der Waals surface area (Å²) < 4.78 is 10.7. The number of imide groups is 1. The zero-order chi connectivity index (χ0) is 15.9. The minimum Gasteiger partial charge on any atom is -0.382 e. The molecular formula is C13H24IN5O4. The van der Waals surface area contributed by atoms with Gasteiger partial charge in [-0.2, -0.15) is 0 Å². The Hall–Kier alpha value is -1.14. The van der Waals surface area contributed by atoms with Crippen LogP contribution in [0.5, 0.6) is 0 Å². The molecule has 2 heterocycles. The molecule has 1 unspecified atom stereocenters. The van der Waals surface area contributed by atoms with Gasteiger partial charge >= 0.3 is 6.03 Å². The number of halogens is 1. The number of carbonyl (C=O) groups excluding carboxylic acids is 2. The lowest BCUT2D eigenvalue weighted by Crippen LogP contribution is -2.52. The number of methoxy groups -OCH3 is 1. The first kappa shape index (κ1) is 19.9. The quantitative estimate of drug-likeness (QED) is 0.248. The summed E-state index contributed by atoms with van der Waals surface area (Å²) in [6.45, 7) is 3.43. The number of nitrogens with zero attached hydrogens (tertiary/aromatic N) is 3. The van der Waals surface area contributed by atoms with Gasteiger partial charge in [0.2, 0.25) is 5.91 Å². The molecule has 2 rings (SSSR count). The average molecular weight is 441 g/mol. The molecule has 132 valence electrons. The van der Waals surface area contributed by atoms with Crippen molar-refractivity contribution in [2.45, 2.75) is 6.10 Å². The second-order valence-electron chi connectivity index (χ2n) is 5.07. The fraction of sp³-hybridized carbons (Fsp3) is 0.769. The van der Waals surface area contributed by atoms with Gasteiger partial charge in [-0.1, -0.05) is 0 Å². The van der Waals surface area contributed by atoms with Crippen LogP contribution in [-0.2, 0) is 14.3 Å². The van der Waals surface area contributed by atoms with Gasteiger partial charge in [-0.3, -0.25) is 14.7 Å². The lowest BCUT2D eigenvalue weighted by Gasteiger charge is -2.34. The van der Waals surface area contributed by atoms with Gasteiger partial charge in [0.25, 0.3) is 0 Å². The van der Waals surface area contributed by atoms with E-state index in [0.717, 1.165) is 12.5 Å². The summed E-state index contributed by atoms with van der Waals surface area (Å²) in [6, 6.07) is -0.340. The molecule has 2 aliphatic rings. The van der Waals surface area contributed by atoms with E-state index in [0.29, 0.717) is 32.8 Å². The van der Waals surface area contributed by atoms with Gasteiger partial charge in [-0.15, -0.1) is 24.0 Å². The lowest BCUT2D eigenvalue weighted by molar-refractivity contribution is -0.124. The number of carbonyl (C=O) groups is 2. The van der Waals surface area contributed by atoms with Gasteiger partial charge in [-0.05, 0) is 0 Å². The van der Waals surface area contributed by atoms with E-state index in [-0.39, 0.29) is 48.6 Å². The molecule has 0 saturated carbocycles. The Morgan fingerprint density at radius 3 is 2.91 bits per heavy atom. The van der Waals surface area contributed by atoms with Crippen LogP contribution in [0, 0.1) is 0 Å². The Kier molecular flexibility index (Phi) is 8.55. The SMILES string of the molecule is CN=C(NCCN1C(=O)CNC1=O)N1CCOC(COC)C1.I. The van der Waals surface area contributed by atoms with Gasteiger partial charge in [0.05, 0.1) is 25.9 Å². The van der Waals surface area contributed by atoms with Crippen molar-refractivity contribution >= 4 is 41.9 Å². The van der Waals surface area contributed by atoms with E-state index in [1.807, 2.05) is 0 Å². The number of nitrogens with one attached hydrogen (secondary N) is 2. The zero-order valence-electron chi connectivity index (χ0n) is 13.4. The molecule has 0 aliphatic carbocycles. The molecule has 2 saturated heterocycles. The van der Waals surface area contributed by atoms with E-state index < -0.39 is 0 Å². The topological polar surface area (TPSA) is 95.5 Å². The van der Waals surface area contributed by atoms with Gasteiger partial charge < -0.3 is 25.0 Å². The molecule has 2 fully saturated rings.